The van der Waals surface area contributed by atoms with Crippen molar-refractivity contribution in [2.24, 2.45) is 5.92 Å². The van der Waals surface area contributed by atoms with Gasteiger partial charge in [-0.15, -0.1) is 11.3 Å². The maximum atomic E-state index is 12.5. The van der Waals surface area contributed by atoms with Crippen molar-refractivity contribution in [1.82, 2.24) is 10.3 Å². The van der Waals surface area contributed by atoms with Crippen molar-refractivity contribution < 1.29 is 14.7 Å². The fourth-order valence-corrected chi connectivity index (χ4v) is 6.20. The topological polar surface area (TPSA) is 79.3 Å². The number of carbonyl (C=O) groups is 2. The lowest BCUT2D eigenvalue weighted by Gasteiger charge is -2.12. The lowest BCUT2D eigenvalue weighted by atomic mass is 10.1. The highest BCUT2D eigenvalue weighted by molar-refractivity contribution is 9.10. The Morgan fingerprint density at radius 1 is 1.00 bits per heavy atom. The van der Waals surface area contributed by atoms with E-state index < -0.39 is 17.8 Å². The highest BCUT2D eigenvalue weighted by atomic mass is 79.9. The van der Waals surface area contributed by atoms with Crippen molar-refractivity contribution >= 4 is 61.1 Å². The zero-order valence-electron chi connectivity index (χ0n) is 17.5. The number of hydrogen-bond acceptors (Lipinski definition) is 5. The van der Waals surface area contributed by atoms with Crippen LogP contribution in [0.25, 0.3) is 10.2 Å². The average Bonchev–Trinajstić information content (AvgIpc) is 3.25. The Balaban J connectivity index is 1.43. The maximum Gasteiger partial charge on any atom is 0.316 e. The van der Waals surface area contributed by atoms with Crippen LogP contribution < -0.4 is 5.32 Å². The third kappa shape index (κ3) is 6.01. The number of thiazole rings is 1. The Kier molecular flexibility index (Phi) is 7.80. The SMILES string of the molecule is O=C(O)C(CSc1nc2c(Br)c(Cc3ccccc3)ccc2s1)C(=O)NCc1ccccc1. The van der Waals surface area contributed by atoms with Crippen LogP contribution in [-0.2, 0) is 22.6 Å². The molecule has 1 unspecified atom stereocenters. The van der Waals surface area contributed by atoms with E-state index >= 15 is 0 Å². The summed E-state index contributed by atoms with van der Waals surface area (Å²) in [5.41, 5.74) is 4.13. The Bertz CT molecular complexity index is 1260. The van der Waals surface area contributed by atoms with Crippen molar-refractivity contribution in [3.63, 3.8) is 0 Å². The van der Waals surface area contributed by atoms with Crippen LogP contribution >= 0.6 is 39.0 Å². The van der Waals surface area contributed by atoms with Crippen molar-refractivity contribution in [2.45, 2.75) is 17.3 Å². The minimum absolute atomic E-state index is 0.115. The van der Waals surface area contributed by atoms with E-state index in [1.807, 2.05) is 54.6 Å². The number of halogens is 1. The Morgan fingerprint density at radius 3 is 2.33 bits per heavy atom. The Labute approximate surface area is 208 Å². The second-order valence-electron chi connectivity index (χ2n) is 7.43. The van der Waals surface area contributed by atoms with Crippen LogP contribution in [-0.4, -0.2) is 27.7 Å². The molecule has 4 rings (SSSR count). The van der Waals surface area contributed by atoms with E-state index in [9.17, 15) is 14.7 Å². The van der Waals surface area contributed by atoms with E-state index in [1.165, 1.54) is 28.7 Å². The van der Waals surface area contributed by atoms with Gasteiger partial charge in [0.1, 0.15) is 5.92 Å². The van der Waals surface area contributed by atoms with Gasteiger partial charge in [0.05, 0.1) is 10.2 Å². The summed E-state index contributed by atoms with van der Waals surface area (Å²) in [6, 6.07) is 23.8. The fourth-order valence-electron chi connectivity index (χ4n) is 3.32. The van der Waals surface area contributed by atoms with Crippen LogP contribution in [0.15, 0.2) is 81.6 Å². The first-order valence-electron chi connectivity index (χ1n) is 10.3. The quantitative estimate of drug-likeness (QED) is 0.208. The number of hydrogen-bond donors (Lipinski definition) is 2. The molecule has 5 nitrogen and oxygen atoms in total. The summed E-state index contributed by atoms with van der Waals surface area (Å²) in [5.74, 6) is -2.67. The number of carbonyl (C=O) groups excluding carboxylic acids is 1. The van der Waals surface area contributed by atoms with Gasteiger partial charge in [0, 0.05) is 16.8 Å². The third-order valence-electron chi connectivity index (χ3n) is 5.09. The van der Waals surface area contributed by atoms with Gasteiger partial charge in [-0.05, 0) is 45.1 Å². The molecule has 4 aromatic rings. The first-order valence-corrected chi connectivity index (χ1v) is 12.9. The van der Waals surface area contributed by atoms with Gasteiger partial charge in [0.15, 0.2) is 4.34 Å². The van der Waals surface area contributed by atoms with Crippen molar-refractivity contribution in [1.29, 1.82) is 0 Å². The molecule has 0 bridgehead atoms. The summed E-state index contributed by atoms with van der Waals surface area (Å²) in [5, 5.41) is 12.3. The molecule has 168 valence electrons. The number of fused-ring (bicyclic) bond motifs is 1. The van der Waals surface area contributed by atoms with Gasteiger partial charge >= 0.3 is 5.97 Å². The monoisotopic (exact) mass is 540 g/mol. The van der Waals surface area contributed by atoms with Crippen LogP contribution in [0.4, 0.5) is 0 Å². The van der Waals surface area contributed by atoms with Crippen LogP contribution in [0.5, 0.6) is 0 Å². The molecule has 1 amide bonds. The molecule has 0 radical (unpaired) electrons. The molecule has 3 aromatic carbocycles. The maximum absolute atomic E-state index is 12.5. The zero-order chi connectivity index (χ0) is 23.2. The molecule has 1 atom stereocenters. The Hall–Kier alpha value is -2.68. The molecule has 8 heteroatoms. The number of amides is 1. The van der Waals surface area contributed by atoms with E-state index in [0.29, 0.717) is 6.54 Å². The smallest absolute Gasteiger partial charge is 0.316 e. The molecule has 2 N–H and O–H groups in total. The number of rotatable bonds is 9. The summed E-state index contributed by atoms with van der Waals surface area (Å²) in [6.45, 7) is 0.298. The van der Waals surface area contributed by atoms with Crippen molar-refractivity contribution in [3.05, 3.63) is 94.0 Å². The van der Waals surface area contributed by atoms with Gasteiger partial charge in [0.25, 0.3) is 0 Å². The summed E-state index contributed by atoms with van der Waals surface area (Å²) in [7, 11) is 0. The lowest BCUT2D eigenvalue weighted by Crippen LogP contribution is -2.36. The summed E-state index contributed by atoms with van der Waals surface area (Å²) >= 11 is 6.49. The van der Waals surface area contributed by atoms with E-state index in [1.54, 1.807) is 0 Å². The molecule has 0 aliphatic rings. The summed E-state index contributed by atoms with van der Waals surface area (Å²) < 4.78 is 2.70. The molecule has 1 aromatic heterocycles. The van der Waals surface area contributed by atoms with Crippen LogP contribution in [0.1, 0.15) is 16.7 Å². The molecule has 0 saturated carbocycles. The van der Waals surface area contributed by atoms with Gasteiger partial charge in [-0.3, -0.25) is 9.59 Å². The van der Waals surface area contributed by atoms with Gasteiger partial charge in [-0.2, -0.15) is 0 Å². The first-order chi connectivity index (χ1) is 16.0. The number of nitrogens with one attached hydrogen (secondary N) is 1. The van der Waals surface area contributed by atoms with Crippen molar-refractivity contribution in [2.75, 3.05) is 5.75 Å². The van der Waals surface area contributed by atoms with Gasteiger partial charge in [0.2, 0.25) is 5.91 Å². The van der Waals surface area contributed by atoms with E-state index in [-0.39, 0.29) is 5.75 Å². The highest BCUT2D eigenvalue weighted by Crippen LogP contribution is 2.36. The van der Waals surface area contributed by atoms with Crippen LogP contribution in [0.2, 0.25) is 0 Å². The molecule has 33 heavy (non-hydrogen) atoms. The van der Waals surface area contributed by atoms with Crippen molar-refractivity contribution in [3.8, 4) is 0 Å². The second-order valence-corrected chi connectivity index (χ2v) is 10.5. The third-order valence-corrected chi connectivity index (χ3v) is 8.24. The molecule has 0 aliphatic carbocycles. The second kappa shape index (κ2) is 11.0. The predicted octanol–water partition coefficient (Wildman–Crippen LogP) is 5.76. The lowest BCUT2D eigenvalue weighted by molar-refractivity contribution is -0.145. The molecule has 0 saturated heterocycles. The molecule has 0 aliphatic heterocycles. The molecule has 0 fully saturated rings. The fraction of sp³-hybridized carbons (Fsp3) is 0.160. The van der Waals surface area contributed by atoms with Gasteiger partial charge < -0.3 is 10.4 Å². The summed E-state index contributed by atoms with van der Waals surface area (Å²) in [6.07, 6.45) is 0.792. The number of aromatic nitrogens is 1. The molecular weight excluding hydrogens is 520 g/mol. The van der Waals surface area contributed by atoms with Gasteiger partial charge in [-0.1, -0.05) is 78.5 Å². The van der Waals surface area contributed by atoms with E-state index in [2.05, 4.69) is 39.4 Å². The highest BCUT2D eigenvalue weighted by Gasteiger charge is 2.27. The average molecular weight is 541 g/mol. The number of nitrogens with zero attached hydrogens (tertiary/aromatic N) is 1. The predicted molar refractivity (Wildman–Crippen MR) is 137 cm³/mol. The van der Waals surface area contributed by atoms with E-state index in [4.69, 9.17) is 4.98 Å². The molecule has 1 heterocycles. The number of carboxylic acids is 1. The normalized spacial score (nSPS) is 11.9. The largest absolute Gasteiger partial charge is 0.481 e. The number of carboxylic acid groups (broad SMARTS) is 1. The minimum atomic E-state index is -1.15. The van der Waals surface area contributed by atoms with Gasteiger partial charge in [-0.25, -0.2) is 4.98 Å². The van der Waals surface area contributed by atoms with E-state index in [0.717, 1.165) is 36.6 Å². The Morgan fingerprint density at radius 2 is 1.67 bits per heavy atom. The minimum Gasteiger partial charge on any atom is -0.481 e. The summed E-state index contributed by atoms with van der Waals surface area (Å²) in [4.78, 5) is 28.9. The number of thioether (sulfide) groups is 1. The number of benzene rings is 3. The van der Waals surface area contributed by atoms with Crippen LogP contribution in [0.3, 0.4) is 0 Å². The molecular formula is C25H21BrN2O3S2. The number of aliphatic carboxylic acids is 1. The van der Waals surface area contributed by atoms with Crippen LogP contribution in [0, 0.1) is 5.92 Å². The molecule has 0 spiro atoms. The zero-order valence-corrected chi connectivity index (χ0v) is 20.8. The standard InChI is InChI=1S/C25H21BrN2O3S2/c26-21-18(13-16-7-3-1-4-8-16)11-12-20-22(21)28-25(33-20)32-15-19(24(30)31)23(29)27-14-17-9-5-2-6-10-17/h1-12,19H,13-15H2,(H,27,29)(H,30,31). The first kappa shape index (κ1) is 23.5.